The van der Waals surface area contributed by atoms with Crippen LogP contribution in [0.3, 0.4) is 0 Å². The number of primary sulfonamides is 1. The quantitative estimate of drug-likeness (QED) is 0.706. The van der Waals surface area contributed by atoms with Crippen molar-refractivity contribution in [2.24, 2.45) is 5.14 Å². The van der Waals surface area contributed by atoms with Gasteiger partial charge in [0.25, 0.3) is 0 Å². The molecule has 0 radical (unpaired) electrons. The van der Waals surface area contributed by atoms with E-state index in [0.29, 0.717) is 13.0 Å². The van der Waals surface area contributed by atoms with Gasteiger partial charge in [-0.15, -0.1) is 11.3 Å². The van der Waals surface area contributed by atoms with Crippen LogP contribution in [-0.4, -0.2) is 25.7 Å². The fourth-order valence-electron chi connectivity index (χ4n) is 1.10. The number of nitrogens with zero attached hydrogens (tertiary/aromatic N) is 1. The van der Waals surface area contributed by atoms with Crippen LogP contribution in [0.2, 0.25) is 0 Å². The molecule has 86 valence electrons. The number of aryl methyl sites for hydroxylation is 1. The summed E-state index contributed by atoms with van der Waals surface area (Å²) in [5.74, 6) is 0.0294. The molecule has 7 heteroatoms. The van der Waals surface area contributed by atoms with Gasteiger partial charge in [0.05, 0.1) is 17.0 Å². The number of nitrogens with one attached hydrogen (secondary N) is 1. The van der Waals surface area contributed by atoms with E-state index in [1.807, 2.05) is 6.92 Å². The standard InChI is InChI=1S/C8H15N3O2S2/c1-7-8(14-6-11-7)5-10-3-2-4-15(9,12)13/h6,10H,2-5H2,1H3,(H2,9,12,13). The molecule has 1 rings (SSSR count). The van der Waals surface area contributed by atoms with Crippen molar-refractivity contribution in [3.63, 3.8) is 0 Å². The van der Waals surface area contributed by atoms with E-state index in [9.17, 15) is 8.42 Å². The normalized spacial score (nSPS) is 11.9. The zero-order valence-corrected chi connectivity index (χ0v) is 10.2. The van der Waals surface area contributed by atoms with Crippen molar-refractivity contribution in [1.29, 1.82) is 0 Å². The maximum Gasteiger partial charge on any atom is 0.209 e. The number of rotatable bonds is 6. The lowest BCUT2D eigenvalue weighted by atomic mass is 10.4. The summed E-state index contributed by atoms with van der Waals surface area (Å²) in [6.45, 7) is 3.34. The average molecular weight is 249 g/mol. The SMILES string of the molecule is Cc1ncsc1CNCCCS(N)(=O)=O. The lowest BCUT2D eigenvalue weighted by Crippen LogP contribution is -2.21. The number of aromatic nitrogens is 1. The third-order valence-electron chi connectivity index (χ3n) is 1.91. The van der Waals surface area contributed by atoms with Crippen LogP contribution in [0.25, 0.3) is 0 Å². The van der Waals surface area contributed by atoms with E-state index in [1.165, 1.54) is 4.88 Å². The molecule has 0 bridgehead atoms. The van der Waals surface area contributed by atoms with Crippen molar-refractivity contribution in [3.05, 3.63) is 16.1 Å². The number of hydrogen-bond acceptors (Lipinski definition) is 5. The van der Waals surface area contributed by atoms with E-state index in [4.69, 9.17) is 5.14 Å². The Balaban J connectivity index is 2.15. The fourth-order valence-corrected chi connectivity index (χ4v) is 2.39. The Hall–Kier alpha value is -0.500. The molecule has 1 heterocycles. The van der Waals surface area contributed by atoms with Crippen LogP contribution in [0.15, 0.2) is 5.51 Å². The van der Waals surface area contributed by atoms with Gasteiger partial charge >= 0.3 is 0 Å². The van der Waals surface area contributed by atoms with Gasteiger partial charge in [0, 0.05) is 11.4 Å². The summed E-state index contributed by atoms with van der Waals surface area (Å²) in [5, 5.41) is 8.02. The van der Waals surface area contributed by atoms with E-state index in [1.54, 1.807) is 16.8 Å². The Morgan fingerprint density at radius 3 is 2.87 bits per heavy atom. The lowest BCUT2D eigenvalue weighted by molar-refractivity contribution is 0.590. The summed E-state index contributed by atoms with van der Waals surface area (Å²) in [5.41, 5.74) is 2.83. The molecule has 0 amide bonds. The van der Waals surface area contributed by atoms with Gasteiger partial charge in [0.1, 0.15) is 0 Å². The maximum atomic E-state index is 10.6. The van der Waals surface area contributed by atoms with Gasteiger partial charge < -0.3 is 5.32 Å². The second-order valence-corrected chi connectivity index (χ2v) is 5.93. The minimum absolute atomic E-state index is 0.0294. The Morgan fingerprint density at radius 1 is 1.60 bits per heavy atom. The minimum atomic E-state index is -3.32. The summed E-state index contributed by atoms with van der Waals surface area (Å²) >= 11 is 1.60. The third kappa shape index (κ3) is 5.22. The summed E-state index contributed by atoms with van der Waals surface area (Å²) < 4.78 is 21.2. The van der Waals surface area contributed by atoms with Crippen molar-refractivity contribution in [2.75, 3.05) is 12.3 Å². The first kappa shape index (κ1) is 12.6. The van der Waals surface area contributed by atoms with E-state index >= 15 is 0 Å². The van der Waals surface area contributed by atoms with Gasteiger partial charge in [-0.2, -0.15) is 0 Å². The molecule has 0 unspecified atom stereocenters. The van der Waals surface area contributed by atoms with Crippen LogP contribution in [0.5, 0.6) is 0 Å². The number of sulfonamides is 1. The molecule has 0 fully saturated rings. The highest BCUT2D eigenvalue weighted by Gasteiger charge is 2.02. The second-order valence-electron chi connectivity index (χ2n) is 3.26. The van der Waals surface area contributed by atoms with Crippen molar-refractivity contribution in [3.8, 4) is 0 Å². The first-order valence-electron chi connectivity index (χ1n) is 4.59. The highest BCUT2D eigenvalue weighted by Crippen LogP contribution is 2.10. The van der Waals surface area contributed by atoms with Crippen LogP contribution >= 0.6 is 11.3 Å². The van der Waals surface area contributed by atoms with Crippen LogP contribution in [0.1, 0.15) is 17.0 Å². The number of nitrogens with two attached hydrogens (primary N) is 1. The molecule has 0 saturated heterocycles. The van der Waals surface area contributed by atoms with Gasteiger partial charge in [0.2, 0.25) is 10.0 Å². The van der Waals surface area contributed by atoms with E-state index in [2.05, 4.69) is 10.3 Å². The molecular formula is C8H15N3O2S2. The molecule has 0 aromatic carbocycles. The highest BCUT2D eigenvalue weighted by molar-refractivity contribution is 7.89. The number of hydrogen-bond donors (Lipinski definition) is 2. The molecule has 3 N–H and O–H groups in total. The first-order valence-corrected chi connectivity index (χ1v) is 7.19. The van der Waals surface area contributed by atoms with Crippen LogP contribution < -0.4 is 10.5 Å². The Morgan fingerprint density at radius 2 is 2.33 bits per heavy atom. The second kappa shape index (κ2) is 5.55. The van der Waals surface area contributed by atoms with E-state index in [0.717, 1.165) is 12.2 Å². The van der Waals surface area contributed by atoms with Gasteiger partial charge in [0.15, 0.2) is 0 Å². The molecule has 0 aliphatic carbocycles. The predicted octanol–water partition coefficient (Wildman–Crippen LogP) is 0.220. The average Bonchev–Trinajstić information content (AvgIpc) is 2.49. The van der Waals surface area contributed by atoms with Gasteiger partial charge in [-0.25, -0.2) is 18.5 Å². The summed E-state index contributed by atoms with van der Waals surface area (Å²) in [6.07, 6.45) is 0.538. The zero-order valence-electron chi connectivity index (χ0n) is 8.56. The molecule has 1 aromatic heterocycles. The van der Waals surface area contributed by atoms with Crippen molar-refractivity contribution in [1.82, 2.24) is 10.3 Å². The highest BCUT2D eigenvalue weighted by atomic mass is 32.2. The smallest absolute Gasteiger partial charge is 0.209 e. The van der Waals surface area contributed by atoms with Crippen molar-refractivity contribution in [2.45, 2.75) is 19.9 Å². The van der Waals surface area contributed by atoms with Gasteiger partial charge in [-0.1, -0.05) is 0 Å². The molecule has 0 atom stereocenters. The molecule has 0 aliphatic rings. The topological polar surface area (TPSA) is 85.1 Å². The zero-order chi connectivity index (χ0) is 11.3. The Bertz CT molecular complexity index is 400. The summed E-state index contributed by atoms with van der Waals surface area (Å²) in [4.78, 5) is 5.30. The Kier molecular flexibility index (Phi) is 4.65. The van der Waals surface area contributed by atoms with Crippen LogP contribution in [-0.2, 0) is 16.6 Å². The predicted molar refractivity (Wildman–Crippen MR) is 61.1 cm³/mol. The molecule has 1 aromatic rings. The first-order chi connectivity index (χ1) is 6.99. The Labute approximate surface area is 93.8 Å². The molecule has 15 heavy (non-hydrogen) atoms. The minimum Gasteiger partial charge on any atom is -0.312 e. The van der Waals surface area contributed by atoms with Crippen molar-refractivity contribution < 1.29 is 8.42 Å². The lowest BCUT2D eigenvalue weighted by Gasteiger charge is -2.02. The summed E-state index contributed by atoms with van der Waals surface area (Å²) in [7, 11) is -3.32. The van der Waals surface area contributed by atoms with Gasteiger partial charge in [-0.3, -0.25) is 0 Å². The van der Waals surface area contributed by atoms with Crippen LogP contribution in [0, 0.1) is 6.92 Å². The third-order valence-corrected chi connectivity index (χ3v) is 3.71. The molecule has 0 spiro atoms. The van der Waals surface area contributed by atoms with E-state index in [-0.39, 0.29) is 5.75 Å². The molecule has 5 nitrogen and oxygen atoms in total. The monoisotopic (exact) mass is 249 g/mol. The summed E-state index contributed by atoms with van der Waals surface area (Å²) in [6, 6.07) is 0. The largest absolute Gasteiger partial charge is 0.312 e. The molecule has 0 aliphatic heterocycles. The molecule has 0 saturated carbocycles. The van der Waals surface area contributed by atoms with Crippen LogP contribution in [0.4, 0.5) is 0 Å². The van der Waals surface area contributed by atoms with E-state index < -0.39 is 10.0 Å². The van der Waals surface area contributed by atoms with Gasteiger partial charge in [-0.05, 0) is 19.9 Å². The molecular weight excluding hydrogens is 234 g/mol. The maximum absolute atomic E-state index is 10.6. The van der Waals surface area contributed by atoms with Crippen molar-refractivity contribution >= 4 is 21.4 Å². The fraction of sp³-hybridized carbons (Fsp3) is 0.625. The number of thiazole rings is 1.